The number of hydrogen-bond acceptors (Lipinski definition) is 3. The minimum atomic E-state index is -0.757. The number of allylic oxidation sites excluding steroid dienone is 1. The fourth-order valence-electron chi connectivity index (χ4n) is 1.50. The molecular formula is C25H39O6Zr. The summed E-state index contributed by atoms with van der Waals surface area (Å²) in [7, 11) is 0. The van der Waals surface area contributed by atoms with Crippen LogP contribution in [0, 0.1) is 16.2 Å². The van der Waals surface area contributed by atoms with Crippen LogP contribution >= 0.6 is 0 Å². The summed E-state index contributed by atoms with van der Waals surface area (Å²) in [5.41, 5.74) is 1.17. The van der Waals surface area contributed by atoms with E-state index in [1.54, 1.807) is 90.3 Å². The second-order valence-corrected chi connectivity index (χ2v) is 12.0. The van der Waals surface area contributed by atoms with Crippen molar-refractivity contribution in [1.29, 1.82) is 0 Å². The third-order valence-electron chi connectivity index (χ3n) is 4.16. The van der Waals surface area contributed by atoms with Crippen LogP contribution in [-0.4, -0.2) is 33.2 Å². The molecule has 7 heteroatoms. The molecule has 1 aliphatic rings. The molecule has 32 heavy (non-hydrogen) atoms. The monoisotopic (exact) mass is 525 g/mol. The molecule has 1 aliphatic carbocycles. The first-order chi connectivity index (χ1) is 14.1. The van der Waals surface area contributed by atoms with Crippen LogP contribution in [0.15, 0.2) is 27.5 Å². The first-order valence-corrected chi connectivity index (χ1v) is 11.6. The quantitative estimate of drug-likeness (QED) is 0.380. The van der Waals surface area contributed by atoms with E-state index >= 15 is 0 Å². The maximum absolute atomic E-state index is 10.0. The molecule has 0 heterocycles. The van der Waals surface area contributed by atoms with Crippen molar-refractivity contribution >= 4 is 24.0 Å². The summed E-state index contributed by atoms with van der Waals surface area (Å²) in [6.07, 6.45) is 2.32. The summed E-state index contributed by atoms with van der Waals surface area (Å²) in [5.74, 6) is -1.60. The molecule has 0 saturated carbocycles. The van der Waals surface area contributed by atoms with Gasteiger partial charge in [0.25, 0.3) is 0 Å². The number of carboxylic acid groups (broad SMARTS) is 3. The van der Waals surface area contributed by atoms with Crippen molar-refractivity contribution in [3.63, 3.8) is 0 Å². The third-order valence-corrected chi connectivity index (χ3v) is 5.58. The zero-order valence-electron chi connectivity index (χ0n) is 21.0. The van der Waals surface area contributed by atoms with E-state index in [0.29, 0.717) is 5.92 Å². The molecule has 0 amide bonds. The molecule has 1 atom stereocenters. The Morgan fingerprint density at radius 3 is 1.25 bits per heavy atom. The molecule has 179 valence electrons. The Bertz CT molecular complexity index is 748. The van der Waals surface area contributed by atoms with Crippen molar-refractivity contribution in [3.05, 3.63) is 38.7 Å². The predicted octanol–water partition coefficient (Wildman–Crippen LogP) is 6.04. The van der Waals surface area contributed by atoms with E-state index in [1.165, 1.54) is 11.1 Å². The summed E-state index contributed by atoms with van der Waals surface area (Å²) >= 11 is 1.55. The molecule has 6 nitrogen and oxygen atoms in total. The van der Waals surface area contributed by atoms with Gasteiger partial charge >= 0.3 is 100 Å². The fraction of sp³-hybridized carbons (Fsp3) is 0.560. The van der Waals surface area contributed by atoms with E-state index in [1.807, 2.05) is 0 Å². The van der Waals surface area contributed by atoms with Crippen molar-refractivity contribution in [1.82, 2.24) is 0 Å². The zero-order valence-corrected chi connectivity index (χ0v) is 23.5. The third kappa shape index (κ3) is 13.6. The zero-order chi connectivity index (χ0) is 26.1. The Labute approximate surface area is 208 Å². The Hall–Kier alpha value is -1.75. The van der Waals surface area contributed by atoms with E-state index in [4.69, 9.17) is 15.3 Å². The van der Waals surface area contributed by atoms with Crippen molar-refractivity contribution in [2.75, 3.05) is 0 Å². The van der Waals surface area contributed by atoms with Gasteiger partial charge in [-0.2, -0.15) is 0 Å². The van der Waals surface area contributed by atoms with Gasteiger partial charge in [-0.1, -0.05) is 0 Å². The van der Waals surface area contributed by atoms with E-state index in [9.17, 15) is 14.4 Å². The average Bonchev–Trinajstić information content (AvgIpc) is 2.89. The number of benzene rings is 1. The summed E-state index contributed by atoms with van der Waals surface area (Å²) < 4.78 is 1.57. The van der Waals surface area contributed by atoms with Crippen LogP contribution in [0.4, 0.5) is 0 Å². The molecule has 0 spiro atoms. The van der Waals surface area contributed by atoms with Crippen LogP contribution in [-0.2, 0) is 39.1 Å². The van der Waals surface area contributed by atoms with Gasteiger partial charge in [-0.15, -0.1) is 0 Å². The van der Waals surface area contributed by atoms with Gasteiger partial charge in [0.2, 0.25) is 0 Å². The average molecular weight is 527 g/mol. The van der Waals surface area contributed by atoms with E-state index in [2.05, 4.69) is 37.3 Å². The van der Waals surface area contributed by atoms with E-state index in [0.717, 1.165) is 0 Å². The van der Waals surface area contributed by atoms with Crippen molar-refractivity contribution in [3.8, 4) is 0 Å². The molecule has 0 radical (unpaired) electrons. The molecule has 0 aliphatic heterocycles. The number of aliphatic carboxylic acids is 3. The van der Waals surface area contributed by atoms with Crippen LogP contribution in [0.25, 0.3) is 6.08 Å². The molecule has 0 aromatic heterocycles. The number of fused-ring (bicyclic) bond motifs is 1. The Morgan fingerprint density at radius 1 is 0.719 bits per heavy atom. The molecule has 0 bridgehead atoms. The van der Waals surface area contributed by atoms with Crippen LogP contribution in [0.1, 0.15) is 86.3 Å². The van der Waals surface area contributed by atoms with Gasteiger partial charge in [0.1, 0.15) is 0 Å². The van der Waals surface area contributed by atoms with Crippen LogP contribution in [0.3, 0.4) is 0 Å². The topological polar surface area (TPSA) is 112 Å². The second-order valence-electron chi connectivity index (χ2n) is 10.6. The number of carbonyl (C=O) groups is 3. The molecule has 1 aromatic carbocycles. The molecule has 1 aromatic rings. The van der Waals surface area contributed by atoms with Gasteiger partial charge in [-0.05, 0) is 62.3 Å². The first kappa shape index (κ1) is 32.4. The first-order valence-electron chi connectivity index (χ1n) is 10.3. The van der Waals surface area contributed by atoms with Gasteiger partial charge in [-0.25, -0.2) is 0 Å². The van der Waals surface area contributed by atoms with Gasteiger partial charge in [-0.3, -0.25) is 14.4 Å². The predicted molar refractivity (Wildman–Crippen MR) is 124 cm³/mol. The van der Waals surface area contributed by atoms with Gasteiger partial charge in [0.05, 0.1) is 16.2 Å². The standard InChI is InChI=1S/C10H9.3C5H10O2.Zr/c1-8-6-7-9-4-2-3-5-10(8)9;3*1-5(2,3)4(6)7;/h2-5,7-8H,1H3;3*1-3H3,(H,6,7);. The summed E-state index contributed by atoms with van der Waals surface area (Å²) in [4.78, 5) is 30.1. The van der Waals surface area contributed by atoms with Crippen molar-refractivity contribution in [2.24, 2.45) is 16.2 Å². The second kappa shape index (κ2) is 13.1. The van der Waals surface area contributed by atoms with Crippen LogP contribution in [0.5, 0.6) is 0 Å². The molecular weight excluding hydrogens is 487 g/mol. The Balaban J connectivity index is 0. The molecule has 0 saturated heterocycles. The van der Waals surface area contributed by atoms with Crippen molar-refractivity contribution in [2.45, 2.75) is 75.2 Å². The summed E-state index contributed by atoms with van der Waals surface area (Å²) in [5, 5.41) is 24.8. The minimum absolute atomic E-state index is 0.583. The summed E-state index contributed by atoms with van der Waals surface area (Å²) in [6.45, 7) is 17.2. The number of carboxylic acids is 3. The van der Waals surface area contributed by atoms with Crippen LogP contribution in [0.2, 0.25) is 0 Å². The Morgan fingerprint density at radius 2 is 1.00 bits per heavy atom. The molecule has 0 fully saturated rings. The normalized spacial score (nSPS) is 14.7. The van der Waals surface area contributed by atoms with E-state index < -0.39 is 34.2 Å². The van der Waals surface area contributed by atoms with Gasteiger partial charge in [0, 0.05) is 0 Å². The maximum atomic E-state index is 10.0. The SMILES string of the molecule is CC(C)(C)C(=O)O.CC(C)(C)C(=O)O.CC(C)(C)C(=O)O.CC1[C]([Zr])=Cc2ccccc21. The van der Waals surface area contributed by atoms with Gasteiger partial charge < -0.3 is 15.3 Å². The van der Waals surface area contributed by atoms with Crippen molar-refractivity contribution < 1.29 is 54.4 Å². The van der Waals surface area contributed by atoms with E-state index in [-0.39, 0.29) is 0 Å². The Kier molecular flexibility index (Phi) is 13.3. The molecule has 1 unspecified atom stereocenters. The number of hydrogen-bond donors (Lipinski definition) is 3. The van der Waals surface area contributed by atoms with Gasteiger partial charge in [0.15, 0.2) is 0 Å². The number of rotatable bonds is 0. The molecule has 3 N–H and O–H groups in total. The molecule has 2 rings (SSSR count). The van der Waals surface area contributed by atoms with Crippen LogP contribution < -0.4 is 0 Å². The fourth-order valence-corrected chi connectivity index (χ4v) is 2.26. The summed E-state index contributed by atoms with van der Waals surface area (Å²) in [6, 6.07) is 8.66.